The number of hydrogen-bond acceptors (Lipinski definition) is 6. The van der Waals surface area contributed by atoms with Gasteiger partial charge in [0.05, 0.1) is 4.92 Å². The Kier molecular flexibility index (Phi) is 5.29. The summed E-state index contributed by atoms with van der Waals surface area (Å²) in [6.45, 7) is 1.65. The zero-order valence-corrected chi connectivity index (χ0v) is 15.2. The largest absolute Gasteiger partial charge is 0.453 e. The van der Waals surface area contributed by atoms with Crippen LogP contribution in [0.2, 0.25) is 5.02 Å². The summed E-state index contributed by atoms with van der Waals surface area (Å²) >= 11 is 7.28. The lowest BCUT2D eigenvalue weighted by atomic mass is 10.1. The van der Waals surface area contributed by atoms with Gasteiger partial charge >= 0.3 is 5.97 Å². The summed E-state index contributed by atoms with van der Waals surface area (Å²) in [5.41, 5.74) is 1.48. The molecule has 0 spiro atoms. The number of esters is 1. The van der Waals surface area contributed by atoms with E-state index in [1.54, 1.807) is 42.6 Å². The third-order valence-electron chi connectivity index (χ3n) is 3.62. The van der Waals surface area contributed by atoms with Crippen LogP contribution in [-0.2, 0) is 4.74 Å². The second-order valence-corrected chi connectivity index (χ2v) is 6.74. The van der Waals surface area contributed by atoms with Gasteiger partial charge in [0, 0.05) is 28.1 Å². The summed E-state index contributed by atoms with van der Waals surface area (Å²) in [6, 6.07) is 13.2. The van der Waals surface area contributed by atoms with Crippen LogP contribution in [0.15, 0.2) is 53.9 Å². The van der Waals surface area contributed by atoms with Crippen LogP contribution >= 0.6 is 22.9 Å². The first-order valence-corrected chi connectivity index (χ1v) is 8.86. The topological polar surface area (TPSA) is 82.3 Å². The van der Waals surface area contributed by atoms with Crippen molar-refractivity contribution in [1.29, 1.82) is 0 Å². The monoisotopic (exact) mass is 388 g/mol. The molecule has 3 aromatic rings. The molecule has 8 heteroatoms. The summed E-state index contributed by atoms with van der Waals surface area (Å²) in [4.78, 5) is 27.0. The van der Waals surface area contributed by atoms with Crippen LogP contribution in [0.3, 0.4) is 0 Å². The molecule has 0 N–H and O–H groups in total. The fourth-order valence-corrected chi connectivity index (χ4v) is 3.28. The van der Waals surface area contributed by atoms with Crippen LogP contribution < -0.4 is 0 Å². The maximum atomic E-state index is 12.3. The number of nitro benzene ring substituents is 1. The summed E-state index contributed by atoms with van der Waals surface area (Å²) in [6.07, 6.45) is -0.640. The minimum absolute atomic E-state index is 0.0534. The van der Waals surface area contributed by atoms with E-state index in [1.165, 1.54) is 23.5 Å². The fraction of sp³-hybridized carbons (Fsp3) is 0.111. The van der Waals surface area contributed by atoms with Crippen LogP contribution in [0.5, 0.6) is 0 Å². The van der Waals surface area contributed by atoms with E-state index in [4.69, 9.17) is 16.3 Å². The van der Waals surface area contributed by atoms with Crippen molar-refractivity contribution in [3.05, 3.63) is 80.3 Å². The normalized spacial score (nSPS) is 11.8. The fourth-order valence-electron chi connectivity index (χ4n) is 2.30. The maximum Gasteiger partial charge on any atom is 0.358 e. The number of ether oxygens (including phenoxy) is 1. The molecule has 0 saturated heterocycles. The zero-order valence-electron chi connectivity index (χ0n) is 13.6. The Morgan fingerprint density at radius 1 is 1.27 bits per heavy atom. The second-order valence-electron chi connectivity index (χ2n) is 5.45. The van der Waals surface area contributed by atoms with Crippen molar-refractivity contribution >= 4 is 34.6 Å². The van der Waals surface area contributed by atoms with E-state index in [9.17, 15) is 14.9 Å². The first kappa shape index (κ1) is 18.0. The molecule has 0 aliphatic carbocycles. The highest BCUT2D eigenvalue weighted by Crippen LogP contribution is 2.27. The average Bonchev–Trinajstić information content (AvgIpc) is 3.12. The first-order chi connectivity index (χ1) is 12.4. The van der Waals surface area contributed by atoms with Gasteiger partial charge in [0.1, 0.15) is 11.1 Å². The van der Waals surface area contributed by atoms with Gasteiger partial charge in [0.2, 0.25) is 0 Å². The van der Waals surface area contributed by atoms with Crippen LogP contribution in [0, 0.1) is 10.1 Å². The van der Waals surface area contributed by atoms with Crippen LogP contribution in [0.25, 0.3) is 10.6 Å². The number of carbonyl (C=O) groups is 1. The number of hydrogen-bond donors (Lipinski definition) is 0. The Labute approximate surface area is 158 Å². The van der Waals surface area contributed by atoms with Gasteiger partial charge in [-0.3, -0.25) is 10.1 Å². The molecule has 0 bridgehead atoms. The molecule has 0 aliphatic heterocycles. The number of nitro groups is 1. The molecule has 0 fully saturated rings. The average molecular weight is 389 g/mol. The zero-order chi connectivity index (χ0) is 18.7. The van der Waals surface area contributed by atoms with Gasteiger partial charge in [-0.15, -0.1) is 11.3 Å². The van der Waals surface area contributed by atoms with Gasteiger partial charge in [-0.1, -0.05) is 35.9 Å². The highest BCUT2D eigenvalue weighted by atomic mass is 35.5. The molecule has 26 heavy (non-hydrogen) atoms. The standard InChI is InChI=1S/C18H13ClN2O4S/c1-11(12-4-3-7-15(9-12)21(23)24)25-18(22)16-10-26-17(20-16)13-5-2-6-14(19)8-13/h2-11H,1H3/t11-/m0/s1. The van der Waals surface area contributed by atoms with E-state index in [0.717, 1.165) is 5.56 Å². The predicted octanol–water partition coefficient (Wildman–Crippen LogP) is 5.29. The summed E-state index contributed by atoms with van der Waals surface area (Å²) in [5, 5.41) is 13.7. The molecule has 0 unspecified atom stereocenters. The van der Waals surface area contributed by atoms with Crippen molar-refractivity contribution in [2.24, 2.45) is 0 Å². The molecule has 132 valence electrons. The molecule has 1 aromatic heterocycles. The number of rotatable bonds is 5. The third-order valence-corrected chi connectivity index (χ3v) is 4.75. The highest BCUT2D eigenvalue weighted by Gasteiger charge is 2.19. The SMILES string of the molecule is C[C@H](OC(=O)c1csc(-c2cccc(Cl)c2)n1)c1cccc([N+](=O)[O-])c1. The number of benzene rings is 2. The van der Waals surface area contributed by atoms with E-state index in [-0.39, 0.29) is 11.4 Å². The molecule has 2 aromatic carbocycles. The minimum atomic E-state index is -0.640. The molecule has 0 aliphatic rings. The van der Waals surface area contributed by atoms with Gasteiger partial charge in [-0.25, -0.2) is 9.78 Å². The van der Waals surface area contributed by atoms with Gasteiger partial charge in [0.25, 0.3) is 5.69 Å². The lowest BCUT2D eigenvalue weighted by Crippen LogP contribution is -2.09. The lowest BCUT2D eigenvalue weighted by molar-refractivity contribution is -0.385. The van der Waals surface area contributed by atoms with E-state index in [2.05, 4.69) is 4.98 Å². The van der Waals surface area contributed by atoms with E-state index >= 15 is 0 Å². The second kappa shape index (κ2) is 7.63. The Morgan fingerprint density at radius 2 is 2.04 bits per heavy atom. The number of carbonyl (C=O) groups excluding carboxylic acids is 1. The molecule has 0 radical (unpaired) electrons. The van der Waals surface area contributed by atoms with Crippen molar-refractivity contribution in [1.82, 2.24) is 4.98 Å². The Balaban J connectivity index is 1.74. The van der Waals surface area contributed by atoms with Crippen LogP contribution in [0.1, 0.15) is 29.1 Å². The predicted molar refractivity (Wildman–Crippen MR) is 99.5 cm³/mol. The summed E-state index contributed by atoms with van der Waals surface area (Å²) in [7, 11) is 0. The van der Waals surface area contributed by atoms with Gasteiger partial charge in [-0.05, 0) is 24.6 Å². The minimum Gasteiger partial charge on any atom is -0.453 e. The molecule has 6 nitrogen and oxygen atoms in total. The van der Waals surface area contributed by atoms with Crippen molar-refractivity contribution < 1.29 is 14.5 Å². The van der Waals surface area contributed by atoms with Gasteiger partial charge in [-0.2, -0.15) is 0 Å². The molecular formula is C18H13ClN2O4S. The molecule has 1 heterocycles. The van der Waals surface area contributed by atoms with Crippen molar-refractivity contribution in [2.45, 2.75) is 13.0 Å². The van der Waals surface area contributed by atoms with Crippen LogP contribution in [0.4, 0.5) is 5.69 Å². The maximum absolute atomic E-state index is 12.3. The van der Waals surface area contributed by atoms with Crippen molar-refractivity contribution in [3.63, 3.8) is 0 Å². The molecular weight excluding hydrogens is 376 g/mol. The highest BCUT2D eigenvalue weighted by molar-refractivity contribution is 7.13. The lowest BCUT2D eigenvalue weighted by Gasteiger charge is -2.12. The van der Waals surface area contributed by atoms with E-state index in [1.807, 2.05) is 6.07 Å². The van der Waals surface area contributed by atoms with Gasteiger partial charge < -0.3 is 4.74 Å². The van der Waals surface area contributed by atoms with E-state index in [0.29, 0.717) is 15.6 Å². The molecule has 0 saturated carbocycles. The van der Waals surface area contributed by atoms with Crippen molar-refractivity contribution in [2.75, 3.05) is 0 Å². The molecule has 0 amide bonds. The molecule has 3 rings (SSSR count). The number of aromatic nitrogens is 1. The Hall–Kier alpha value is -2.77. The third kappa shape index (κ3) is 4.07. The first-order valence-electron chi connectivity index (χ1n) is 7.61. The number of non-ortho nitro benzene ring substituents is 1. The number of halogens is 1. The number of nitrogens with zero attached hydrogens (tertiary/aromatic N) is 2. The molecule has 1 atom stereocenters. The smallest absolute Gasteiger partial charge is 0.358 e. The van der Waals surface area contributed by atoms with Crippen molar-refractivity contribution in [3.8, 4) is 10.6 Å². The summed E-state index contributed by atoms with van der Waals surface area (Å²) in [5.74, 6) is -0.589. The van der Waals surface area contributed by atoms with Gasteiger partial charge in [0.15, 0.2) is 5.69 Å². The Bertz CT molecular complexity index is 973. The number of thiazole rings is 1. The summed E-state index contributed by atoms with van der Waals surface area (Å²) < 4.78 is 5.39. The van der Waals surface area contributed by atoms with Crippen LogP contribution in [-0.4, -0.2) is 15.9 Å². The van der Waals surface area contributed by atoms with E-state index < -0.39 is 17.0 Å². The Morgan fingerprint density at radius 3 is 2.77 bits per heavy atom. The quantitative estimate of drug-likeness (QED) is 0.337.